The fraction of sp³-hybridized carbons (Fsp3) is 0.538. The summed E-state index contributed by atoms with van der Waals surface area (Å²) in [4.78, 5) is 4.92. The van der Waals surface area contributed by atoms with Crippen molar-refractivity contribution in [3.05, 3.63) is 27.8 Å². The van der Waals surface area contributed by atoms with Crippen molar-refractivity contribution in [2.45, 2.75) is 0 Å². The first-order chi connectivity index (χ1) is 8.29. The van der Waals surface area contributed by atoms with Crippen LogP contribution in [0.25, 0.3) is 0 Å². The Bertz CT molecular complexity index is 334. The first kappa shape index (κ1) is 13.1. The zero-order chi connectivity index (χ0) is 12.1. The molecule has 0 saturated carbocycles. The average molecular weight is 346 g/mol. The van der Waals surface area contributed by atoms with Crippen molar-refractivity contribution in [1.29, 1.82) is 0 Å². The van der Waals surface area contributed by atoms with Gasteiger partial charge in [0.05, 0.1) is 6.61 Å². The zero-order valence-corrected chi connectivity index (χ0v) is 12.4. The minimum Gasteiger partial charge on any atom is -0.383 e. The third kappa shape index (κ3) is 3.82. The Hall–Kier alpha value is -0.330. The molecular formula is C13H19IN2O. The molecule has 0 N–H and O–H groups in total. The molecule has 94 valence electrons. The Morgan fingerprint density at radius 2 is 1.76 bits per heavy atom. The summed E-state index contributed by atoms with van der Waals surface area (Å²) in [7, 11) is 1.77. The van der Waals surface area contributed by atoms with Gasteiger partial charge in [-0.05, 0) is 46.9 Å². The van der Waals surface area contributed by atoms with E-state index in [9.17, 15) is 0 Å². The van der Waals surface area contributed by atoms with Crippen LogP contribution in [-0.4, -0.2) is 51.3 Å². The van der Waals surface area contributed by atoms with Crippen LogP contribution in [0.1, 0.15) is 0 Å². The fourth-order valence-corrected chi connectivity index (χ4v) is 2.46. The van der Waals surface area contributed by atoms with Crippen molar-refractivity contribution < 1.29 is 4.74 Å². The van der Waals surface area contributed by atoms with E-state index in [1.807, 2.05) is 0 Å². The molecule has 1 aliphatic heterocycles. The molecule has 0 aliphatic carbocycles. The number of methoxy groups -OCH3 is 1. The smallest absolute Gasteiger partial charge is 0.0589 e. The second-order valence-electron chi connectivity index (χ2n) is 4.30. The molecule has 0 spiro atoms. The van der Waals surface area contributed by atoms with Crippen molar-refractivity contribution in [3.63, 3.8) is 0 Å². The summed E-state index contributed by atoms with van der Waals surface area (Å²) in [6.45, 7) is 6.39. The Balaban J connectivity index is 1.84. The lowest BCUT2D eigenvalue weighted by atomic mass is 10.2. The van der Waals surface area contributed by atoms with Gasteiger partial charge in [-0.2, -0.15) is 0 Å². The maximum absolute atomic E-state index is 5.11. The quantitative estimate of drug-likeness (QED) is 0.777. The third-order valence-electron chi connectivity index (χ3n) is 3.18. The number of benzene rings is 1. The second-order valence-corrected chi connectivity index (χ2v) is 5.54. The van der Waals surface area contributed by atoms with Gasteiger partial charge in [0, 0.05) is 49.1 Å². The van der Waals surface area contributed by atoms with Gasteiger partial charge in [-0.3, -0.25) is 4.90 Å². The van der Waals surface area contributed by atoms with E-state index in [0.29, 0.717) is 0 Å². The minimum absolute atomic E-state index is 0.837. The van der Waals surface area contributed by atoms with Crippen LogP contribution in [-0.2, 0) is 4.74 Å². The number of hydrogen-bond donors (Lipinski definition) is 0. The SMILES string of the molecule is COCCN1CCN(c2ccc(I)cc2)CC1. The van der Waals surface area contributed by atoms with E-state index in [1.165, 1.54) is 9.26 Å². The number of piperazine rings is 1. The van der Waals surface area contributed by atoms with E-state index < -0.39 is 0 Å². The highest BCUT2D eigenvalue weighted by atomic mass is 127. The summed E-state index contributed by atoms with van der Waals surface area (Å²) in [5.74, 6) is 0. The molecule has 3 nitrogen and oxygen atoms in total. The van der Waals surface area contributed by atoms with Gasteiger partial charge in [-0.1, -0.05) is 0 Å². The number of anilines is 1. The molecule has 17 heavy (non-hydrogen) atoms. The number of hydrogen-bond acceptors (Lipinski definition) is 3. The third-order valence-corrected chi connectivity index (χ3v) is 3.89. The van der Waals surface area contributed by atoms with Crippen LogP contribution >= 0.6 is 22.6 Å². The van der Waals surface area contributed by atoms with Crippen LogP contribution in [0.4, 0.5) is 5.69 Å². The Kier molecular flexibility index (Phi) is 5.06. The zero-order valence-electron chi connectivity index (χ0n) is 10.2. The van der Waals surface area contributed by atoms with Gasteiger partial charge in [-0.15, -0.1) is 0 Å². The molecule has 1 aromatic carbocycles. The van der Waals surface area contributed by atoms with E-state index in [0.717, 1.165) is 39.3 Å². The highest BCUT2D eigenvalue weighted by molar-refractivity contribution is 14.1. The van der Waals surface area contributed by atoms with Crippen LogP contribution in [0.15, 0.2) is 24.3 Å². The van der Waals surface area contributed by atoms with E-state index in [1.54, 1.807) is 7.11 Å². The molecular weight excluding hydrogens is 327 g/mol. The molecule has 4 heteroatoms. The van der Waals surface area contributed by atoms with Gasteiger partial charge >= 0.3 is 0 Å². The van der Waals surface area contributed by atoms with Crippen molar-refractivity contribution in [3.8, 4) is 0 Å². The summed E-state index contributed by atoms with van der Waals surface area (Å²) < 4.78 is 6.41. The predicted molar refractivity (Wildman–Crippen MR) is 79.7 cm³/mol. The summed E-state index contributed by atoms with van der Waals surface area (Å²) in [5, 5.41) is 0. The number of rotatable bonds is 4. The molecule has 1 aliphatic rings. The molecule has 0 amide bonds. The number of ether oxygens (including phenoxy) is 1. The van der Waals surface area contributed by atoms with Crippen LogP contribution in [0.2, 0.25) is 0 Å². The molecule has 0 unspecified atom stereocenters. The van der Waals surface area contributed by atoms with E-state index in [4.69, 9.17) is 4.74 Å². The van der Waals surface area contributed by atoms with Crippen molar-refractivity contribution in [1.82, 2.24) is 4.90 Å². The second kappa shape index (κ2) is 6.56. The first-order valence-electron chi connectivity index (χ1n) is 6.01. The van der Waals surface area contributed by atoms with Gasteiger partial charge in [0.1, 0.15) is 0 Å². The molecule has 0 atom stereocenters. The average Bonchev–Trinajstić information content (AvgIpc) is 2.38. The van der Waals surface area contributed by atoms with Crippen LogP contribution < -0.4 is 4.90 Å². The van der Waals surface area contributed by atoms with E-state index >= 15 is 0 Å². The standard InChI is InChI=1S/C13H19IN2O/c1-17-11-10-15-6-8-16(9-7-15)13-4-2-12(14)3-5-13/h2-5H,6-11H2,1H3. The molecule has 1 saturated heterocycles. The van der Waals surface area contributed by atoms with Gasteiger partial charge in [0.2, 0.25) is 0 Å². The summed E-state index contributed by atoms with van der Waals surface area (Å²) >= 11 is 2.35. The monoisotopic (exact) mass is 346 g/mol. The van der Waals surface area contributed by atoms with Gasteiger partial charge in [0.25, 0.3) is 0 Å². The lowest BCUT2D eigenvalue weighted by Gasteiger charge is -2.36. The van der Waals surface area contributed by atoms with Gasteiger partial charge in [0.15, 0.2) is 0 Å². The molecule has 1 heterocycles. The molecule has 0 radical (unpaired) electrons. The fourth-order valence-electron chi connectivity index (χ4n) is 2.10. The Morgan fingerprint density at radius 3 is 2.35 bits per heavy atom. The largest absolute Gasteiger partial charge is 0.383 e. The maximum Gasteiger partial charge on any atom is 0.0589 e. The predicted octanol–water partition coefficient (Wildman–Crippen LogP) is 2.06. The Labute approximate surface area is 117 Å². The highest BCUT2D eigenvalue weighted by Gasteiger charge is 2.16. The number of halogens is 1. The lowest BCUT2D eigenvalue weighted by molar-refractivity contribution is 0.144. The summed E-state index contributed by atoms with van der Waals surface area (Å²) in [5.41, 5.74) is 1.34. The summed E-state index contributed by atoms with van der Waals surface area (Å²) in [6.07, 6.45) is 0. The Morgan fingerprint density at radius 1 is 1.12 bits per heavy atom. The maximum atomic E-state index is 5.11. The highest BCUT2D eigenvalue weighted by Crippen LogP contribution is 2.17. The topological polar surface area (TPSA) is 15.7 Å². The van der Waals surface area contributed by atoms with E-state index in [-0.39, 0.29) is 0 Å². The van der Waals surface area contributed by atoms with Gasteiger partial charge < -0.3 is 9.64 Å². The minimum atomic E-state index is 0.837. The van der Waals surface area contributed by atoms with Gasteiger partial charge in [-0.25, -0.2) is 0 Å². The summed E-state index contributed by atoms with van der Waals surface area (Å²) in [6, 6.07) is 8.78. The molecule has 2 rings (SSSR count). The molecule has 1 fully saturated rings. The first-order valence-corrected chi connectivity index (χ1v) is 7.09. The van der Waals surface area contributed by atoms with E-state index in [2.05, 4.69) is 56.7 Å². The van der Waals surface area contributed by atoms with Crippen LogP contribution in [0, 0.1) is 3.57 Å². The van der Waals surface area contributed by atoms with Crippen molar-refractivity contribution in [2.24, 2.45) is 0 Å². The number of nitrogens with zero attached hydrogens (tertiary/aromatic N) is 2. The molecule has 0 aromatic heterocycles. The van der Waals surface area contributed by atoms with Crippen LogP contribution in [0.5, 0.6) is 0 Å². The van der Waals surface area contributed by atoms with Crippen LogP contribution in [0.3, 0.4) is 0 Å². The molecule has 0 bridgehead atoms. The normalized spacial score (nSPS) is 17.4. The van der Waals surface area contributed by atoms with Crippen molar-refractivity contribution in [2.75, 3.05) is 51.3 Å². The lowest BCUT2D eigenvalue weighted by Crippen LogP contribution is -2.47. The van der Waals surface area contributed by atoms with Crippen molar-refractivity contribution >= 4 is 28.3 Å². The molecule has 1 aromatic rings.